The Labute approximate surface area is 216 Å². The van der Waals surface area contributed by atoms with E-state index in [4.69, 9.17) is 72.2 Å². The number of halogens is 5. The summed E-state index contributed by atoms with van der Waals surface area (Å²) in [5.41, 5.74) is 1.96. The molecule has 0 saturated heterocycles. The second kappa shape index (κ2) is 11.4. The first-order valence-corrected chi connectivity index (χ1v) is 11.3. The number of rotatable bonds is 8. The van der Waals surface area contributed by atoms with Gasteiger partial charge in [-0.05, 0) is 35.9 Å². The maximum Gasteiger partial charge on any atom is 0.185 e. The molecule has 0 saturated carbocycles. The summed E-state index contributed by atoms with van der Waals surface area (Å²) >= 11 is 30.7. The van der Waals surface area contributed by atoms with Crippen molar-refractivity contribution >= 4 is 69.9 Å². The zero-order chi connectivity index (χ0) is 24.1. The summed E-state index contributed by atoms with van der Waals surface area (Å²) in [6, 6.07) is 12.3. The number of ketones is 1. The lowest BCUT2D eigenvalue weighted by Crippen LogP contribution is -2.01. The topological polar surface area (TPSA) is 44.8 Å². The highest BCUT2D eigenvalue weighted by Gasteiger charge is 2.21. The Morgan fingerprint density at radius 3 is 2.15 bits per heavy atom. The van der Waals surface area contributed by atoms with Gasteiger partial charge in [0.1, 0.15) is 28.2 Å². The number of carbonyl (C=O) groups excluding carboxylic acids is 1. The van der Waals surface area contributed by atoms with Crippen LogP contribution in [0.15, 0.2) is 48.5 Å². The van der Waals surface area contributed by atoms with Crippen LogP contribution in [0.5, 0.6) is 17.2 Å². The molecule has 0 atom stereocenters. The fourth-order valence-electron chi connectivity index (χ4n) is 2.92. The van der Waals surface area contributed by atoms with Gasteiger partial charge in [0.15, 0.2) is 11.5 Å². The summed E-state index contributed by atoms with van der Waals surface area (Å²) in [6.07, 6.45) is 3.18. The lowest BCUT2D eigenvalue weighted by molar-refractivity contribution is 0.104. The van der Waals surface area contributed by atoms with Gasteiger partial charge in [-0.25, -0.2) is 0 Å². The Hall–Kier alpha value is -2.08. The third-order valence-corrected chi connectivity index (χ3v) is 6.87. The molecule has 0 aliphatic rings. The van der Waals surface area contributed by atoms with E-state index in [1.807, 2.05) is 12.1 Å². The molecule has 0 radical (unpaired) electrons. The number of ether oxygens (including phenoxy) is 3. The highest BCUT2D eigenvalue weighted by atomic mass is 35.5. The van der Waals surface area contributed by atoms with Crippen molar-refractivity contribution in [2.24, 2.45) is 0 Å². The predicted molar refractivity (Wildman–Crippen MR) is 135 cm³/mol. The Balaban J connectivity index is 1.83. The summed E-state index contributed by atoms with van der Waals surface area (Å²) in [5.74, 6) is 1.13. The number of carbonyl (C=O) groups is 1. The smallest absolute Gasteiger partial charge is 0.185 e. The summed E-state index contributed by atoms with van der Waals surface area (Å²) in [6.45, 7) is 0.0441. The minimum absolute atomic E-state index is 0.0439. The Kier molecular flexibility index (Phi) is 8.80. The molecule has 0 unspecified atom stereocenters. The summed E-state index contributed by atoms with van der Waals surface area (Å²) in [7, 11) is 3.09. The van der Waals surface area contributed by atoms with Crippen molar-refractivity contribution in [3.05, 3.63) is 90.3 Å². The van der Waals surface area contributed by atoms with Gasteiger partial charge in [0.2, 0.25) is 0 Å². The van der Waals surface area contributed by atoms with Crippen molar-refractivity contribution in [1.29, 1.82) is 0 Å². The molecule has 4 nitrogen and oxygen atoms in total. The molecule has 3 aromatic rings. The van der Waals surface area contributed by atoms with E-state index in [1.54, 1.807) is 43.5 Å². The fraction of sp³-hybridized carbons (Fsp3) is 0.125. The first-order valence-electron chi connectivity index (χ1n) is 9.44. The zero-order valence-electron chi connectivity index (χ0n) is 17.4. The van der Waals surface area contributed by atoms with Gasteiger partial charge in [0, 0.05) is 11.1 Å². The average Bonchev–Trinajstić information content (AvgIpc) is 2.84. The van der Waals surface area contributed by atoms with E-state index in [1.165, 1.54) is 13.2 Å². The Morgan fingerprint density at radius 2 is 1.52 bits per heavy atom. The third-order valence-electron chi connectivity index (χ3n) is 4.63. The minimum atomic E-state index is -0.161. The van der Waals surface area contributed by atoms with Crippen molar-refractivity contribution in [2.75, 3.05) is 14.2 Å². The standard InChI is InChI=1S/C24H17Cl5O4/c1-31-16-5-3-4-14(11-16)17(30)8-6-13-7-9-18(32-2)15(10-13)12-33-24-22(28)20(26)19(25)21(27)23(24)29/h3-11H,12H2,1-2H3/b8-6+. The predicted octanol–water partition coefficient (Wildman–Crippen LogP) is 8.45. The molecular weight excluding hydrogens is 530 g/mol. The van der Waals surface area contributed by atoms with Crippen LogP contribution >= 0.6 is 58.0 Å². The molecule has 0 amide bonds. The molecule has 0 aliphatic carbocycles. The van der Waals surface area contributed by atoms with Gasteiger partial charge in [-0.1, -0.05) is 82.3 Å². The molecule has 0 spiro atoms. The van der Waals surface area contributed by atoms with E-state index >= 15 is 0 Å². The van der Waals surface area contributed by atoms with Crippen LogP contribution in [0.4, 0.5) is 0 Å². The maximum absolute atomic E-state index is 12.5. The molecule has 0 aliphatic heterocycles. The van der Waals surface area contributed by atoms with Crippen LogP contribution in [0.3, 0.4) is 0 Å². The molecule has 3 rings (SSSR count). The normalized spacial score (nSPS) is 11.0. The number of hydrogen-bond donors (Lipinski definition) is 0. The molecule has 172 valence electrons. The van der Waals surface area contributed by atoms with Crippen LogP contribution in [0, 0.1) is 0 Å². The summed E-state index contributed by atoms with van der Waals surface area (Å²) in [5, 5.41) is 0.237. The Morgan fingerprint density at radius 1 is 0.848 bits per heavy atom. The quantitative estimate of drug-likeness (QED) is 0.123. The van der Waals surface area contributed by atoms with Crippen molar-refractivity contribution in [2.45, 2.75) is 6.61 Å². The molecule has 0 bridgehead atoms. The van der Waals surface area contributed by atoms with Crippen molar-refractivity contribution in [3.8, 4) is 17.2 Å². The number of hydrogen-bond acceptors (Lipinski definition) is 4. The third kappa shape index (κ3) is 5.89. The lowest BCUT2D eigenvalue weighted by atomic mass is 10.1. The number of methoxy groups -OCH3 is 2. The van der Waals surface area contributed by atoms with Crippen LogP contribution in [0.2, 0.25) is 25.1 Å². The van der Waals surface area contributed by atoms with Gasteiger partial charge >= 0.3 is 0 Å². The zero-order valence-corrected chi connectivity index (χ0v) is 21.2. The highest BCUT2D eigenvalue weighted by molar-refractivity contribution is 6.55. The second-order valence-electron chi connectivity index (χ2n) is 6.69. The van der Waals surface area contributed by atoms with E-state index in [9.17, 15) is 4.79 Å². The molecule has 3 aromatic carbocycles. The van der Waals surface area contributed by atoms with Crippen LogP contribution in [-0.2, 0) is 6.61 Å². The first-order chi connectivity index (χ1) is 15.8. The van der Waals surface area contributed by atoms with Gasteiger partial charge in [0.05, 0.1) is 29.3 Å². The lowest BCUT2D eigenvalue weighted by Gasteiger charge is -2.15. The van der Waals surface area contributed by atoms with Crippen molar-refractivity contribution < 1.29 is 19.0 Å². The van der Waals surface area contributed by atoms with E-state index in [0.29, 0.717) is 22.6 Å². The molecular formula is C24H17Cl5O4. The SMILES string of the molecule is COc1cccc(C(=O)/C=C/c2ccc(OC)c(COc3c(Cl)c(Cl)c(Cl)c(Cl)c3Cl)c2)c1. The highest BCUT2D eigenvalue weighted by Crippen LogP contribution is 2.48. The molecule has 33 heavy (non-hydrogen) atoms. The molecule has 0 N–H and O–H groups in total. The summed E-state index contributed by atoms with van der Waals surface area (Å²) in [4.78, 5) is 12.5. The van der Waals surface area contributed by atoms with Crippen LogP contribution in [-0.4, -0.2) is 20.0 Å². The summed E-state index contributed by atoms with van der Waals surface area (Å²) < 4.78 is 16.4. The van der Waals surface area contributed by atoms with E-state index in [0.717, 1.165) is 5.56 Å². The Bertz CT molecular complexity index is 1190. The van der Waals surface area contributed by atoms with Gasteiger partial charge in [-0.2, -0.15) is 0 Å². The largest absolute Gasteiger partial charge is 0.497 e. The van der Waals surface area contributed by atoms with E-state index in [2.05, 4.69) is 0 Å². The first kappa shape index (κ1) is 25.5. The monoisotopic (exact) mass is 544 g/mol. The van der Waals surface area contributed by atoms with Crippen LogP contribution in [0.1, 0.15) is 21.5 Å². The molecule has 0 aromatic heterocycles. The van der Waals surface area contributed by atoms with E-state index in [-0.39, 0.29) is 43.3 Å². The van der Waals surface area contributed by atoms with Crippen LogP contribution < -0.4 is 14.2 Å². The van der Waals surface area contributed by atoms with Gasteiger partial charge in [-0.15, -0.1) is 0 Å². The molecule has 0 heterocycles. The van der Waals surface area contributed by atoms with Crippen molar-refractivity contribution in [3.63, 3.8) is 0 Å². The van der Waals surface area contributed by atoms with Gasteiger partial charge in [0.25, 0.3) is 0 Å². The van der Waals surface area contributed by atoms with Gasteiger partial charge < -0.3 is 14.2 Å². The fourth-order valence-corrected chi connectivity index (χ4v) is 4.15. The average molecular weight is 547 g/mol. The molecule has 0 fully saturated rings. The maximum atomic E-state index is 12.5. The van der Waals surface area contributed by atoms with Crippen molar-refractivity contribution in [1.82, 2.24) is 0 Å². The molecule has 9 heteroatoms. The van der Waals surface area contributed by atoms with E-state index < -0.39 is 0 Å². The number of benzene rings is 3. The number of allylic oxidation sites excluding steroid dienone is 1. The van der Waals surface area contributed by atoms with Crippen LogP contribution in [0.25, 0.3) is 6.08 Å². The minimum Gasteiger partial charge on any atom is -0.497 e. The van der Waals surface area contributed by atoms with Gasteiger partial charge in [-0.3, -0.25) is 4.79 Å². The second-order valence-corrected chi connectivity index (χ2v) is 8.58.